The zero-order valence-corrected chi connectivity index (χ0v) is 25.2. The number of halogens is 2. The lowest BCUT2D eigenvalue weighted by atomic mass is 9.96. The standard InChI is InChI=1S/C30H31Cl2N5O7/c1-43-23-11-16(9-21(23)38)27(35-14-33)34-12-20(30(41)42)36-28(39)25-19(31)8-17-13-37(7-6-18(17)26(25)32)29(40)24-10-15-4-2-3-5-22(15)44-24/h2-5,8,10,16,20-21,23,27,34-35,38H,6-7,9,11-13H2,1H3,(H,36,39)(H,41,42)/t16?,20-,21+,23+,27?/m0/s1. The molecule has 5 N–H and O–H groups in total. The summed E-state index contributed by atoms with van der Waals surface area (Å²) >= 11 is 13.2. The number of nitriles is 1. The molecule has 5 atom stereocenters. The highest BCUT2D eigenvalue weighted by atomic mass is 35.5. The Hall–Kier alpha value is -3.86. The molecule has 14 heteroatoms. The van der Waals surface area contributed by atoms with Crippen molar-refractivity contribution in [2.24, 2.45) is 5.92 Å². The molecule has 2 aliphatic rings. The topological polar surface area (TPSA) is 177 Å². The smallest absolute Gasteiger partial charge is 0.327 e. The third-order valence-electron chi connectivity index (χ3n) is 8.20. The molecular formula is C30H31Cl2N5O7. The Morgan fingerprint density at radius 1 is 1.23 bits per heavy atom. The molecule has 0 radical (unpaired) electrons. The van der Waals surface area contributed by atoms with Crippen molar-refractivity contribution < 1.29 is 33.8 Å². The van der Waals surface area contributed by atoms with Gasteiger partial charge in [-0.1, -0.05) is 41.4 Å². The number of hydrogen-bond donors (Lipinski definition) is 5. The van der Waals surface area contributed by atoms with Gasteiger partial charge in [-0.2, -0.15) is 5.26 Å². The summed E-state index contributed by atoms with van der Waals surface area (Å²) in [5.41, 5.74) is 1.86. The van der Waals surface area contributed by atoms with E-state index in [0.717, 1.165) is 5.39 Å². The van der Waals surface area contributed by atoms with Crippen molar-refractivity contribution in [2.45, 2.75) is 50.2 Å². The van der Waals surface area contributed by atoms with Gasteiger partial charge in [0.05, 0.1) is 34.0 Å². The summed E-state index contributed by atoms with van der Waals surface area (Å²) in [6.45, 7) is 0.283. The molecule has 1 aliphatic carbocycles. The second-order valence-electron chi connectivity index (χ2n) is 10.9. The summed E-state index contributed by atoms with van der Waals surface area (Å²) in [6, 6.07) is 9.20. The van der Waals surface area contributed by atoms with E-state index in [1.807, 2.05) is 24.4 Å². The Morgan fingerprint density at radius 2 is 2.00 bits per heavy atom. The number of para-hydroxylation sites is 1. The van der Waals surface area contributed by atoms with Gasteiger partial charge in [0.2, 0.25) is 0 Å². The highest BCUT2D eigenvalue weighted by molar-refractivity contribution is 6.40. The number of benzene rings is 2. The monoisotopic (exact) mass is 643 g/mol. The van der Waals surface area contributed by atoms with Crippen molar-refractivity contribution in [3.05, 3.63) is 68.9 Å². The van der Waals surface area contributed by atoms with Gasteiger partial charge < -0.3 is 34.9 Å². The maximum Gasteiger partial charge on any atom is 0.327 e. The van der Waals surface area contributed by atoms with Gasteiger partial charge in [-0.3, -0.25) is 14.9 Å². The Kier molecular flexibility index (Phi) is 9.62. The Bertz CT molecular complexity index is 1590. The molecule has 2 unspecified atom stereocenters. The van der Waals surface area contributed by atoms with Gasteiger partial charge in [-0.15, -0.1) is 0 Å². The Morgan fingerprint density at radius 3 is 2.68 bits per heavy atom. The molecule has 5 rings (SSSR count). The van der Waals surface area contributed by atoms with Crippen molar-refractivity contribution in [3.8, 4) is 6.19 Å². The number of carbonyl (C=O) groups excluding carboxylic acids is 2. The number of ether oxygens (including phenoxy) is 1. The van der Waals surface area contributed by atoms with Crippen LogP contribution in [0.5, 0.6) is 0 Å². The van der Waals surface area contributed by atoms with E-state index in [9.17, 15) is 29.9 Å². The zero-order chi connectivity index (χ0) is 31.5. The van der Waals surface area contributed by atoms with E-state index in [1.54, 1.807) is 23.1 Å². The summed E-state index contributed by atoms with van der Waals surface area (Å²) in [4.78, 5) is 40.2. The van der Waals surface area contributed by atoms with Gasteiger partial charge in [-0.05, 0) is 54.5 Å². The highest BCUT2D eigenvalue weighted by Crippen LogP contribution is 2.35. The first-order valence-corrected chi connectivity index (χ1v) is 14.8. The van der Waals surface area contributed by atoms with E-state index in [-0.39, 0.29) is 46.3 Å². The number of aliphatic carboxylic acids is 1. The molecule has 0 saturated heterocycles. The second kappa shape index (κ2) is 13.4. The normalized spacial score (nSPS) is 20.9. The minimum Gasteiger partial charge on any atom is -0.480 e. The van der Waals surface area contributed by atoms with Crippen LogP contribution >= 0.6 is 23.2 Å². The molecule has 0 spiro atoms. The number of nitrogens with zero attached hydrogens (tertiary/aromatic N) is 2. The van der Waals surface area contributed by atoms with Gasteiger partial charge in [0.15, 0.2) is 12.0 Å². The number of aliphatic hydroxyl groups is 1. The number of carboxylic acid groups (broad SMARTS) is 1. The number of rotatable bonds is 10. The van der Waals surface area contributed by atoms with E-state index in [2.05, 4.69) is 16.0 Å². The van der Waals surface area contributed by atoms with Crippen molar-refractivity contribution in [2.75, 3.05) is 20.2 Å². The number of carbonyl (C=O) groups is 3. The van der Waals surface area contributed by atoms with Gasteiger partial charge in [0.25, 0.3) is 11.8 Å². The number of methoxy groups -OCH3 is 1. The van der Waals surface area contributed by atoms with Gasteiger partial charge in [0, 0.05) is 32.1 Å². The lowest BCUT2D eigenvalue weighted by molar-refractivity contribution is -0.139. The summed E-state index contributed by atoms with van der Waals surface area (Å²) in [5, 5.41) is 38.2. The average molecular weight is 645 g/mol. The van der Waals surface area contributed by atoms with Crippen molar-refractivity contribution >= 4 is 52.0 Å². The number of furan rings is 1. The number of fused-ring (bicyclic) bond motifs is 2. The summed E-state index contributed by atoms with van der Waals surface area (Å²) in [7, 11) is 1.49. The summed E-state index contributed by atoms with van der Waals surface area (Å²) < 4.78 is 11.0. The molecule has 1 fully saturated rings. The van der Waals surface area contributed by atoms with Crippen LogP contribution in [0.3, 0.4) is 0 Å². The van der Waals surface area contributed by atoms with Crippen molar-refractivity contribution in [1.29, 1.82) is 5.26 Å². The summed E-state index contributed by atoms with van der Waals surface area (Å²) in [5.74, 6) is -2.38. The van der Waals surface area contributed by atoms with Gasteiger partial charge in [0.1, 0.15) is 11.6 Å². The molecule has 1 aliphatic heterocycles. The molecule has 0 bridgehead atoms. The fraction of sp³-hybridized carbons (Fsp3) is 0.400. The molecule has 2 amide bonds. The van der Waals surface area contributed by atoms with Crippen LogP contribution in [0.2, 0.25) is 10.0 Å². The molecule has 232 valence electrons. The largest absolute Gasteiger partial charge is 0.480 e. The molecule has 1 aromatic heterocycles. The fourth-order valence-corrected chi connectivity index (χ4v) is 6.66. The van der Waals surface area contributed by atoms with Crippen LogP contribution in [0, 0.1) is 17.4 Å². The molecule has 2 heterocycles. The number of hydrogen-bond acceptors (Lipinski definition) is 9. The predicted octanol–water partition coefficient (Wildman–Crippen LogP) is 2.89. The first-order chi connectivity index (χ1) is 21.1. The maximum absolute atomic E-state index is 13.3. The van der Waals surface area contributed by atoms with Crippen LogP contribution in [0.1, 0.15) is 44.9 Å². The van der Waals surface area contributed by atoms with E-state index in [4.69, 9.17) is 32.4 Å². The fourth-order valence-electron chi connectivity index (χ4n) is 5.90. The third-order valence-corrected chi connectivity index (χ3v) is 8.92. The Labute approximate surface area is 262 Å². The maximum atomic E-state index is 13.3. The molecule has 44 heavy (non-hydrogen) atoms. The number of nitrogens with one attached hydrogen (secondary N) is 3. The minimum atomic E-state index is -1.39. The first-order valence-electron chi connectivity index (χ1n) is 14.0. The molecule has 2 aromatic carbocycles. The van der Waals surface area contributed by atoms with E-state index >= 15 is 0 Å². The lowest BCUT2D eigenvalue weighted by Gasteiger charge is -2.30. The quantitative estimate of drug-likeness (QED) is 0.125. The van der Waals surface area contributed by atoms with Crippen molar-refractivity contribution in [3.63, 3.8) is 0 Å². The molecule has 12 nitrogen and oxygen atoms in total. The van der Waals surface area contributed by atoms with Crippen LogP contribution in [-0.2, 0) is 22.5 Å². The van der Waals surface area contributed by atoms with Crippen LogP contribution in [0.25, 0.3) is 11.0 Å². The van der Waals surface area contributed by atoms with Crippen LogP contribution in [0.4, 0.5) is 0 Å². The van der Waals surface area contributed by atoms with Gasteiger partial charge >= 0.3 is 5.97 Å². The molecule has 1 saturated carbocycles. The first kappa shape index (κ1) is 31.6. The molecule has 3 aromatic rings. The van der Waals surface area contributed by atoms with E-state index < -0.39 is 36.3 Å². The van der Waals surface area contributed by atoms with Crippen LogP contribution < -0.4 is 16.0 Å². The predicted molar refractivity (Wildman–Crippen MR) is 160 cm³/mol. The van der Waals surface area contributed by atoms with E-state index in [0.29, 0.717) is 42.5 Å². The Balaban J connectivity index is 1.27. The SMILES string of the molecule is CO[C@@H]1CC(C(NC#N)NC[C@H](NC(=O)c2c(Cl)cc3c(c2Cl)CCN(C(=O)c2cc4ccccc4o2)C3)C(=O)O)C[C@H]1O. The summed E-state index contributed by atoms with van der Waals surface area (Å²) in [6.07, 6.45) is 1.22. The third kappa shape index (κ3) is 6.47. The second-order valence-corrected chi connectivity index (χ2v) is 11.7. The zero-order valence-electron chi connectivity index (χ0n) is 23.7. The number of carboxylic acids is 1. The highest BCUT2D eigenvalue weighted by Gasteiger charge is 2.38. The van der Waals surface area contributed by atoms with E-state index in [1.165, 1.54) is 7.11 Å². The minimum absolute atomic E-state index is 0.0101. The molecular weight excluding hydrogens is 613 g/mol. The lowest BCUT2D eigenvalue weighted by Crippen LogP contribution is -2.53. The van der Waals surface area contributed by atoms with Crippen LogP contribution in [0.15, 0.2) is 40.8 Å². The number of aliphatic hydroxyl groups excluding tert-OH is 1. The van der Waals surface area contributed by atoms with Gasteiger partial charge in [-0.25, -0.2) is 4.79 Å². The van der Waals surface area contributed by atoms with Crippen LogP contribution in [-0.4, -0.2) is 77.5 Å². The average Bonchev–Trinajstić information content (AvgIpc) is 3.61. The van der Waals surface area contributed by atoms with Crippen molar-refractivity contribution in [1.82, 2.24) is 20.9 Å². The number of amides is 2.